The van der Waals surface area contributed by atoms with Gasteiger partial charge in [0.15, 0.2) is 0 Å². The molecule has 1 N–H and O–H groups in total. The van der Waals surface area contributed by atoms with Crippen LogP contribution in [0.3, 0.4) is 0 Å². The van der Waals surface area contributed by atoms with Crippen LogP contribution in [0.5, 0.6) is 0 Å². The summed E-state index contributed by atoms with van der Waals surface area (Å²) in [4.78, 5) is 17.4. The maximum atomic E-state index is 11.7. The second kappa shape index (κ2) is 7.79. The molecule has 0 radical (unpaired) electrons. The number of aromatic nitrogens is 1. The van der Waals surface area contributed by atoms with Crippen LogP contribution in [0.25, 0.3) is 0 Å². The number of likely N-dealkylation sites (N-methyl/N-ethyl adjacent to an activating group) is 1. The molecule has 1 heterocycles. The number of hydrogen-bond donors (Lipinski definition) is 1. The molecule has 1 aromatic rings. The van der Waals surface area contributed by atoms with Crippen molar-refractivity contribution < 1.29 is 4.79 Å². The Kier molecular flexibility index (Phi) is 6.25. The van der Waals surface area contributed by atoms with Gasteiger partial charge < -0.3 is 10.2 Å². The zero-order valence-electron chi connectivity index (χ0n) is 10.6. The Balaban J connectivity index is 2.20. The van der Waals surface area contributed by atoms with Crippen molar-refractivity contribution in [3.05, 3.63) is 30.1 Å². The molecule has 0 atom stereocenters. The SMILES string of the molecule is CCCCN(C)C(=O)CNCc1ccncc1. The third kappa shape index (κ3) is 5.45. The summed E-state index contributed by atoms with van der Waals surface area (Å²) in [6, 6.07) is 3.89. The van der Waals surface area contributed by atoms with Crippen molar-refractivity contribution in [3.63, 3.8) is 0 Å². The second-order valence-electron chi connectivity index (χ2n) is 4.13. The first-order valence-electron chi connectivity index (χ1n) is 6.07. The lowest BCUT2D eigenvalue weighted by molar-refractivity contribution is -0.129. The second-order valence-corrected chi connectivity index (χ2v) is 4.13. The molecule has 0 aliphatic carbocycles. The van der Waals surface area contributed by atoms with Gasteiger partial charge in [0.25, 0.3) is 0 Å². The molecule has 17 heavy (non-hydrogen) atoms. The van der Waals surface area contributed by atoms with Crippen LogP contribution in [-0.4, -0.2) is 35.9 Å². The summed E-state index contributed by atoms with van der Waals surface area (Å²) in [6.45, 7) is 4.06. The summed E-state index contributed by atoms with van der Waals surface area (Å²) in [5, 5.41) is 3.14. The molecule has 1 aromatic heterocycles. The van der Waals surface area contributed by atoms with Crippen molar-refractivity contribution in [1.29, 1.82) is 0 Å². The highest BCUT2D eigenvalue weighted by Gasteiger charge is 2.06. The topological polar surface area (TPSA) is 45.2 Å². The van der Waals surface area contributed by atoms with Gasteiger partial charge >= 0.3 is 0 Å². The molecule has 0 aromatic carbocycles. The minimum Gasteiger partial charge on any atom is -0.345 e. The van der Waals surface area contributed by atoms with E-state index in [4.69, 9.17) is 0 Å². The lowest BCUT2D eigenvalue weighted by Crippen LogP contribution is -2.35. The molecular weight excluding hydrogens is 214 g/mol. The van der Waals surface area contributed by atoms with Crippen molar-refractivity contribution in [2.45, 2.75) is 26.3 Å². The monoisotopic (exact) mass is 235 g/mol. The summed E-state index contributed by atoms with van der Waals surface area (Å²) < 4.78 is 0. The van der Waals surface area contributed by atoms with Crippen LogP contribution in [0.1, 0.15) is 25.3 Å². The smallest absolute Gasteiger partial charge is 0.236 e. The molecule has 4 heteroatoms. The largest absolute Gasteiger partial charge is 0.345 e. The van der Waals surface area contributed by atoms with E-state index < -0.39 is 0 Å². The van der Waals surface area contributed by atoms with Crippen molar-refractivity contribution >= 4 is 5.91 Å². The average Bonchev–Trinajstić information content (AvgIpc) is 2.37. The lowest BCUT2D eigenvalue weighted by atomic mass is 10.2. The van der Waals surface area contributed by atoms with Crippen LogP contribution in [0.2, 0.25) is 0 Å². The van der Waals surface area contributed by atoms with Gasteiger partial charge in [-0.15, -0.1) is 0 Å². The molecule has 0 spiro atoms. The molecule has 1 rings (SSSR count). The van der Waals surface area contributed by atoms with E-state index in [1.807, 2.05) is 19.2 Å². The van der Waals surface area contributed by atoms with E-state index in [2.05, 4.69) is 17.2 Å². The quantitative estimate of drug-likeness (QED) is 0.777. The Morgan fingerprint density at radius 3 is 2.76 bits per heavy atom. The van der Waals surface area contributed by atoms with Crippen molar-refractivity contribution in [3.8, 4) is 0 Å². The third-order valence-corrected chi connectivity index (χ3v) is 2.63. The van der Waals surface area contributed by atoms with Crippen LogP contribution in [0.15, 0.2) is 24.5 Å². The standard InChI is InChI=1S/C13H21N3O/c1-3-4-9-16(2)13(17)11-15-10-12-5-7-14-8-6-12/h5-8,15H,3-4,9-11H2,1-2H3. The van der Waals surface area contributed by atoms with Gasteiger partial charge in [-0.05, 0) is 24.1 Å². The minimum absolute atomic E-state index is 0.146. The zero-order chi connectivity index (χ0) is 12.5. The molecule has 0 unspecified atom stereocenters. The normalized spacial score (nSPS) is 10.2. The van der Waals surface area contributed by atoms with Crippen LogP contribution in [0, 0.1) is 0 Å². The van der Waals surface area contributed by atoms with E-state index in [1.165, 1.54) is 0 Å². The average molecular weight is 235 g/mol. The first kappa shape index (κ1) is 13.6. The molecule has 94 valence electrons. The maximum Gasteiger partial charge on any atom is 0.236 e. The zero-order valence-corrected chi connectivity index (χ0v) is 10.6. The fourth-order valence-corrected chi connectivity index (χ4v) is 1.47. The minimum atomic E-state index is 0.146. The summed E-state index contributed by atoms with van der Waals surface area (Å²) >= 11 is 0. The Hall–Kier alpha value is -1.42. The van der Waals surface area contributed by atoms with Crippen molar-refractivity contribution in [2.75, 3.05) is 20.1 Å². The first-order valence-corrected chi connectivity index (χ1v) is 6.07. The fraction of sp³-hybridized carbons (Fsp3) is 0.538. The molecule has 0 aliphatic rings. The van der Waals surface area contributed by atoms with Crippen molar-refractivity contribution in [1.82, 2.24) is 15.2 Å². The van der Waals surface area contributed by atoms with Gasteiger partial charge in [-0.3, -0.25) is 9.78 Å². The predicted molar refractivity (Wildman–Crippen MR) is 68.5 cm³/mol. The number of pyridine rings is 1. The summed E-state index contributed by atoms with van der Waals surface area (Å²) in [5.74, 6) is 0.146. The van der Waals surface area contributed by atoms with Crippen LogP contribution in [0.4, 0.5) is 0 Å². The number of carbonyl (C=O) groups is 1. The van der Waals surface area contributed by atoms with E-state index >= 15 is 0 Å². The number of nitrogens with one attached hydrogen (secondary N) is 1. The highest BCUT2D eigenvalue weighted by Crippen LogP contribution is 1.95. The van der Waals surface area contributed by atoms with Gasteiger partial charge in [0.2, 0.25) is 5.91 Å². The van der Waals surface area contributed by atoms with E-state index in [0.717, 1.165) is 24.9 Å². The Bertz CT molecular complexity index is 327. The summed E-state index contributed by atoms with van der Waals surface area (Å²) in [5.41, 5.74) is 1.14. The molecule has 0 fully saturated rings. The summed E-state index contributed by atoms with van der Waals surface area (Å²) in [6.07, 6.45) is 5.69. The number of hydrogen-bond acceptors (Lipinski definition) is 3. The molecule has 0 bridgehead atoms. The Morgan fingerprint density at radius 1 is 1.41 bits per heavy atom. The van der Waals surface area contributed by atoms with Gasteiger partial charge in [0, 0.05) is 32.5 Å². The van der Waals surface area contributed by atoms with E-state index in [-0.39, 0.29) is 5.91 Å². The third-order valence-electron chi connectivity index (χ3n) is 2.63. The van der Waals surface area contributed by atoms with E-state index in [0.29, 0.717) is 13.1 Å². The first-order chi connectivity index (χ1) is 8.24. The highest BCUT2D eigenvalue weighted by atomic mass is 16.2. The van der Waals surface area contributed by atoms with Gasteiger partial charge in [-0.25, -0.2) is 0 Å². The number of nitrogens with zero attached hydrogens (tertiary/aromatic N) is 2. The highest BCUT2D eigenvalue weighted by molar-refractivity contribution is 5.77. The van der Waals surface area contributed by atoms with Gasteiger partial charge in [-0.1, -0.05) is 13.3 Å². The number of rotatable bonds is 7. The predicted octanol–water partition coefficient (Wildman–Crippen LogP) is 1.43. The Morgan fingerprint density at radius 2 is 2.12 bits per heavy atom. The molecule has 0 saturated heterocycles. The fourth-order valence-electron chi connectivity index (χ4n) is 1.47. The Labute approximate surface area is 103 Å². The molecule has 0 aliphatic heterocycles. The van der Waals surface area contributed by atoms with Crippen LogP contribution >= 0.6 is 0 Å². The van der Waals surface area contributed by atoms with Crippen molar-refractivity contribution in [2.24, 2.45) is 0 Å². The number of unbranched alkanes of at least 4 members (excludes halogenated alkanes) is 1. The van der Waals surface area contributed by atoms with E-state index in [9.17, 15) is 4.79 Å². The van der Waals surface area contributed by atoms with Gasteiger partial charge in [0.1, 0.15) is 0 Å². The lowest BCUT2D eigenvalue weighted by Gasteiger charge is -2.16. The molecule has 0 saturated carbocycles. The van der Waals surface area contributed by atoms with Crippen LogP contribution < -0.4 is 5.32 Å². The van der Waals surface area contributed by atoms with Gasteiger partial charge in [-0.2, -0.15) is 0 Å². The number of carbonyl (C=O) groups excluding carboxylic acids is 1. The number of amides is 1. The molecular formula is C13H21N3O. The molecule has 1 amide bonds. The maximum absolute atomic E-state index is 11.7. The van der Waals surface area contributed by atoms with Gasteiger partial charge in [0.05, 0.1) is 6.54 Å². The summed E-state index contributed by atoms with van der Waals surface area (Å²) in [7, 11) is 1.85. The van der Waals surface area contributed by atoms with E-state index in [1.54, 1.807) is 17.3 Å². The molecule has 4 nitrogen and oxygen atoms in total. The van der Waals surface area contributed by atoms with Crippen LogP contribution in [-0.2, 0) is 11.3 Å².